The first-order valence-corrected chi connectivity index (χ1v) is 5.15. The van der Waals surface area contributed by atoms with Crippen molar-refractivity contribution in [1.82, 2.24) is 0 Å². The van der Waals surface area contributed by atoms with E-state index < -0.39 is 0 Å². The second-order valence-electron chi connectivity index (χ2n) is 5.19. The molecule has 1 aliphatic rings. The van der Waals surface area contributed by atoms with E-state index in [2.05, 4.69) is 26.8 Å². The van der Waals surface area contributed by atoms with Gasteiger partial charge in [0.25, 0.3) is 0 Å². The zero-order chi connectivity index (χ0) is 9.90. The van der Waals surface area contributed by atoms with Gasteiger partial charge in [0.1, 0.15) is 6.29 Å². The van der Waals surface area contributed by atoms with Gasteiger partial charge in [-0.05, 0) is 42.6 Å². The molecule has 1 heteroatoms. The van der Waals surface area contributed by atoms with Crippen molar-refractivity contribution in [3.63, 3.8) is 0 Å². The highest BCUT2D eigenvalue weighted by Gasteiger charge is 2.30. The molecule has 0 heterocycles. The fourth-order valence-corrected chi connectivity index (χ4v) is 2.77. The average Bonchev–Trinajstić information content (AvgIpc) is 1.97. The maximum absolute atomic E-state index is 10.2. The van der Waals surface area contributed by atoms with Crippen LogP contribution in [-0.4, -0.2) is 6.29 Å². The van der Waals surface area contributed by atoms with Gasteiger partial charge in [-0.25, -0.2) is 0 Å². The van der Waals surface area contributed by atoms with Crippen molar-refractivity contribution in [1.29, 1.82) is 0 Å². The lowest BCUT2D eigenvalue weighted by atomic mass is 9.68. The van der Waals surface area contributed by atoms with Gasteiger partial charge in [0.2, 0.25) is 0 Å². The van der Waals surface area contributed by atoms with Gasteiger partial charge < -0.3 is 0 Å². The highest BCUT2D eigenvalue weighted by molar-refractivity contribution is 5.64. The van der Waals surface area contributed by atoms with Crippen LogP contribution in [-0.2, 0) is 4.79 Å². The van der Waals surface area contributed by atoms with Crippen molar-refractivity contribution in [3.8, 4) is 0 Å². The van der Waals surface area contributed by atoms with Crippen LogP contribution >= 0.6 is 0 Å². The molecule has 1 fully saturated rings. The van der Waals surface area contributed by atoms with E-state index >= 15 is 0 Å². The summed E-state index contributed by atoms with van der Waals surface area (Å²) in [6.45, 7) is 6.96. The number of rotatable bonds is 2. The Morgan fingerprint density at radius 1 is 1.31 bits per heavy atom. The van der Waals surface area contributed by atoms with E-state index in [1.165, 1.54) is 19.3 Å². The molecule has 0 aromatic heterocycles. The molecule has 0 bridgehead atoms. The van der Waals surface area contributed by atoms with Crippen LogP contribution < -0.4 is 0 Å². The van der Waals surface area contributed by atoms with Crippen LogP contribution in [0.2, 0.25) is 0 Å². The molecule has 74 valence electrons. The Morgan fingerprint density at radius 3 is 2.54 bits per heavy atom. The van der Waals surface area contributed by atoms with Crippen LogP contribution in [0.3, 0.4) is 0 Å². The quantitative estimate of drug-likeness (QED) is 0.471. The highest BCUT2D eigenvalue weighted by Crippen LogP contribution is 2.41. The summed E-state index contributed by atoms with van der Waals surface area (Å²) in [5.74, 6) is 1.41. The van der Waals surface area contributed by atoms with E-state index in [0.29, 0.717) is 11.3 Å². The average molecular weight is 180 g/mol. The molecule has 0 N–H and O–H groups in total. The molecule has 0 aromatic rings. The molecular weight excluding hydrogens is 160 g/mol. The zero-order valence-corrected chi connectivity index (χ0v) is 8.92. The van der Waals surface area contributed by atoms with Crippen molar-refractivity contribution >= 4 is 6.29 Å². The van der Waals surface area contributed by atoms with Crippen molar-refractivity contribution in [2.24, 2.45) is 17.3 Å². The summed E-state index contributed by atoms with van der Waals surface area (Å²) >= 11 is 0. The molecule has 1 nitrogen and oxygen atoms in total. The fourth-order valence-electron chi connectivity index (χ4n) is 2.77. The van der Waals surface area contributed by atoms with Crippen LogP contribution in [0.1, 0.15) is 40.0 Å². The standard InChI is InChI=1S/C12H20O/c1-10-7-11(5-4-6-13)9-12(2,3)8-10/h4-6,10-11H,7-9H2,1-3H3/b5-4+. The Hall–Kier alpha value is -0.590. The summed E-state index contributed by atoms with van der Waals surface area (Å²) in [5.41, 5.74) is 0.454. The number of aldehydes is 1. The van der Waals surface area contributed by atoms with Crippen LogP contribution in [0.5, 0.6) is 0 Å². The van der Waals surface area contributed by atoms with Crippen LogP contribution in [0, 0.1) is 17.3 Å². The van der Waals surface area contributed by atoms with Crippen LogP contribution in [0.4, 0.5) is 0 Å². The predicted octanol–water partition coefficient (Wildman–Crippen LogP) is 3.20. The molecular formula is C12H20O. The Kier molecular flexibility index (Phi) is 3.29. The van der Waals surface area contributed by atoms with E-state index in [1.807, 2.05) is 0 Å². The van der Waals surface area contributed by atoms with Crippen molar-refractivity contribution < 1.29 is 4.79 Å². The second kappa shape index (κ2) is 4.08. The molecule has 0 aromatic carbocycles. The van der Waals surface area contributed by atoms with Crippen LogP contribution in [0.25, 0.3) is 0 Å². The lowest BCUT2D eigenvalue weighted by Gasteiger charge is -2.37. The van der Waals surface area contributed by atoms with Gasteiger partial charge in [0.05, 0.1) is 0 Å². The topological polar surface area (TPSA) is 17.1 Å². The lowest BCUT2D eigenvalue weighted by molar-refractivity contribution is -0.104. The summed E-state index contributed by atoms with van der Waals surface area (Å²) in [5, 5.41) is 0. The van der Waals surface area contributed by atoms with Gasteiger partial charge in [-0.3, -0.25) is 4.79 Å². The molecule has 0 radical (unpaired) electrons. The molecule has 0 amide bonds. The van der Waals surface area contributed by atoms with Crippen molar-refractivity contribution in [2.75, 3.05) is 0 Å². The number of hydrogen-bond donors (Lipinski definition) is 0. The Balaban J connectivity index is 2.57. The molecule has 0 spiro atoms. The van der Waals surface area contributed by atoms with E-state index in [9.17, 15) is 4.79 Å². The van der Waals surface area contributed by atoms with Gasteiger partial charge in [0, 0.05) is 0 Å². The largest absolute Gasteiger partial charge is 0.299 e. The van der Waals surface area contributed by atoms with Crippen molar-refractivity contribution in [2.45, 2.75) is 40.0 Å². The third-order valence-electron chi connectivity index (χ3n) is 2.88. The third kappa shape index (κ3) is 3.33. The van der Waals surface area contributed by atoms with Crippen molar-refractivity contribution in [3.05, 3.63) is 12.2 Å². The number of hydrogen-bond acceptors (Lipinski definition) is 1. The van der Waals surface area contributed by atoms with E-state index in [-0.39, 0.29) is 0 Å². The predicted molar refractivity (Wildman–Crippen MR) is 55.5 cm³/mol. The minimum atomic E-state index is 0.454. The minimum absolute atomic E-state index is 0.454. The summed E-state index contributed by atoms with van der Waals surface area (Å²) in [4.78, 5) is 10.2. The molecule has 1 aliphatic carbocycles. The monoisotopic (exact) mass is 180 g/mol. The smallest absolute Gasteiger partial charge is 0.142 e. The van der Waals surface area contributed by atoms with Gasteiger partial charge >= 0.3 is 0 Å². The van der Waals surface area contributed by atoms with Gasteiger partial charge in [0.15, 0.2) is 0 Å². The second-order valence-corrected chi connectivity index (χ2v) is 5.19. The minimum Gasteiger partial charge on any atom is -0.299 e. The Labute approximate surface area is 81.2 Å². The lowest BCUT2D eigenvalue weighted by Crippen LogP contribution is -2.26. The zero-order valence-electron chi connectivity index (χ0n) is 8.92. The molecule has 2 atom stereocenters. The molecule has 1 saturated carbocycles. The molecule has 2 unspecified atom stereocenters. The summed E-state index contributed by atoms with van der Waals surface area (Å²) in [6.07, 6.45) is 8.39. The number of carbonyl (C=O) groups excluding carboxylic acids is 1. The third-order valence-corrected chi connectivity index (χ3v) is 2.88. The van der Waals surface area contributed by atoms with Gasteiger partial charge in [-0.1, -0.05) is 26.8 Å². The molecule has 1 rings (SSSR count). The first-order valence-electron chi connectivity index (χ1n) is 5.15. The molecule has 0 aliphatic heterocycles. The fraction of sp³-hybridized carbons (Fsp3) is 0.750. The number of carbonyl (C=O) groups is 1. The first kappa shape index (κ1) is 10.5. The Bertz CT molecular complexity index is 203. The van der Waals surface area contributed by atoms with E-state index in [1.54, 1.807) is 6.08 Å². The molecule has 13 heavy (non-hydrogen) atoms. The normalized spacial score (nSPS) is 33.5. The summed E-state index contributed by atoms with van der Waals surface area (Å²) < 4.78 is 0. The van der Waals surface area contributed by atoms with E-state index in [0.717, 1.165) is 12.2 Å². The first-order chi connectivity index (χ1) is 6.03. The number of allylic oxidation sites excluding steroid dienone is 2. The Morgan fingerprint density at radius 2 is 2.00 bits per heavy atom. The van der Waals surface area contributed by atoms with Crippen LogP contribution in [0.15, 0.2) is 12.2 Å². The summed E-state index contributed by atoms with van der Waals surface area (Å²) in [6, 6.07) is 0. The SMILES string of the molecule is CC1CC(/C=C/C=O)CC(C)(C)C1. The van der Waals surface area contributed by atoms with E-state index in [4.69, 9.17) is 0 Å². The molecule has 0 saturated heterocycles. The highest BCUT2D eigenvalue weighted by atomic mass is 16.1. The van der Waals surface area contributed by atoms with Gasteiger partial charge in [-0.2, -0.15) is 0 Å². The maximum Gasteiger partial charge on any atom is 0.142 e. The van der Waals surface area contributed by atoms with Gasteiger partial charge in [-0.15, -0.1) is 0 Å². The summed E-state index contributed by atoms with van der Waals surface area (Å²) in [7, 11) is 0. The maximum atomic E-state index is 10.2.